The van der Waals surface area contributed by atoms with E-state index >= 15 is 0 Å². The van der Waals surface area contributed by atoms with Crippen LogP contribution in [0.3, 0.4) is 0 Å². The van der Waals surface area contributed by atoms with Gasteiger partial charge in [0.05, 0.1) is 18.3 Å². The number of anilines is 1. The van der Waals surface area contributed by atoms with Crippen molar-refractivity contribution >= 4 is 11.7 Å². The van der Waals surface area contributed by atoms with Gasteiger partial charge >= 0.3 is 0 Å². The maximum atomic E-state index is 12.0. The summed E-state index contributed by atoms with van der Waals surface area (Å²) in [6, 6.07) is 13.5. The molecule has 3 rings (SSSR count). The summed E-state index contributed by atoms with van der Waals surface area (Å²) < 4.78 is 1.76. The number of aryl methyl sites for hydroxylation is 1. The van der Waals surface area contributed by atoms with Crippen molar-refractivity contribution in [2.75, 3.05) is 5.32 Å². The monoisotopic (exact) mass is 292 g/mol. The standard InChI is InChI=1S/C17H16N4O/c1-13-7-8-16(18-10-13)20-17(22)9-14-11-19-21(12-14)15-5-3-2-4-6-15/h2-8,10-12H,9H2,1H3,(H,18,20,22). The average Bonchev–Trinajstić information content (AvgIpc) is 2.99. The zero-order valence-corrected chi connectivity index (χ0v) is 12.2. The summed E-state index contributed by atoms with van der Waals surface area (Å²) >= 11 is 0. The molecule has 0 aliphatic carbocycles. The molecule has 0 atom stereocenters. The van der Waals surface area contributed by atoms with Crippen LogP contribution in [0, 0.1) is 6.92 Å². The lowest BCUT2D eigenvalue weighted by Crippen LogP contribution is -2.14. The van der Waals surface area contributed by atoms with E-state index in [2.05, 4.69) is 15.4 Å². The van der Waals surface area contributed by atoms with Crippen molar-refractivity contribution in [2.45, 2.75) is 13.3 Å². The van der Waals surface area contributed by atoms with E-state index in [0.717, 1.165) is 16.8 Å². The van der Waals surface area contributed by atoms with Crippen molar-refractivity contribution in [1.82, 2.24) is 14.8 Å². The highest BCUT2D eigenvalue weighted by Gasteiger charge is 2.07. The number of benzene rings is 1. The number of aromatic nitrogens is 3. The molecule has 3 aromatic rings. The minimum atomic E-state index is -0.107. The van der Waals surface area contributed by atoms with Gasteiger partial charge in [0.15, 0.2) is 0 Å². The number of amides is 1. The highest BCUT2D eigenvalue weighted by molar-refractivity contribution is 5.91. The second-order valence-electron chi connectivity index (χ2n) is 5.07. The first kappa shape index (κ1) is 14.0. The molecule has 2 heterocycles. The van der Waals surface area contributed by atoms with Crippen molar-refractivity contribution in [2.24, 2.45) is 0 Å². The minimum Gasteiger partial charge on any atom is -0.310 e. The molecule has 0 saturated heterocycles. The van der Waals surface area contributed by atoms with E-state index in [1.54, 1.807) is 23.1 Å². The lowest BCUT2D eigenvalue weighted by atomic mass is 10.2. The number of nitrogens with one attached hydrogen (secondary N) is 1. The quantitative estimate of drug-likeness (QED) is 0.804. The van der Waals surface area contributed by atoms with Crippen molar-refractivity contribution < 1.29 is 4.79 Å². The third-order valence-electron chi connectivity index (χ3n) is 3.20. The van der Waals surface area contributed by atoms with Gasteiger partial charge in [0.2, 0.25) is 5.91 Å². The molecule has 5 nitrogen and oxygen atoms in total. The number of para-hydroxylation sites is 1. The Kier molecular flexibility index (Phi) is 3.96. The summed E-state index contributed by atoms with van der Waals surface area (Å²) in [5, 5.41) is 7.06. The predicted molar refractivity (Wildman–Crippen MR) is 84.9 cm³/mol. The van der Waals surface area contributed by atoms with E-state index in [9.17, 15) is 4.79 Å². The van der Waals surface area contributed by atoms with Gasteiger partial charge in [-0.3, -0.25) is 4.79 Å². The first-order chi connectivity index (χ1) is 10.7. The Morgan fingerprint density at radius 2 is 1.95 bits per heavy atom. The number of nitrogens with zero attached hydrogens (tertiary/aromatic N) is 3. The Labute approximate surface area is 128 Å². The van der Waals surface area contributed by atoms with E-state index in [1.807, 2.05) is 49.5 Å². The fourth-order valence-corrected chi connectivity index (χ4v) is 2.09. The van der Waals surface area contributed by atoms with Gasteiger partial charge in [-0.1, -0.05) is 24.3 Å². The van der Waals surface area contributed by atoms with Gasteiger partial charge in [-0.2, -0.15) is 5.10 Å². The topological polar surface area (TPSA) is 59.8 Å². The molecular formula is C17H16N4O. The minimum absolute atomic E-state index is 0.107. The number of carbonyl (C=O) groups is 1. The first-order valence-electron chi connectivity index (χ1n) is 7.02. The van der Waals surface area contributed by atoms with Crippen LogP contribution in [-0.4, -0.2) is 20.7 Å². The fourth-order valence-electron chi connectivity index (χ4n) is 2.09. The molecule has 0 fully saturated rings. The first-order valence-corrected chi connectivity index (χ1v) is 7.02. The molecule has 0 spiro atoms. The molecule has 0 unspecified atom stereocenters. The summed E-state index contributed by atoms with van der Waals surface area (Å²) in [7, 11) is 0. The molecule has 2 aromatic heterocycles. The van der Waals surface area contributed by atoms with Gasteiger partial charge in [-0.15, -0.1) is 0 Å². The van der Waals surface area contributed by atoms with Gasteiger partial charge in [-0.05, 0) is 36.2 Å². The van der Waals surface area contributed by atoms with Gasteiger partial charge in [0.25, 0.3) is 0 Å². The van der Waals surface area contributed by atoms with Crippen LogP contribution in [0.25, 0.3) is 5.69 Å². The highest BCUT2D eigenvalue weighted by Crippen LogP contribution is 2.09. The molecule has 0 aliphatic heterocycles. The van der Waals surface area contributed by atoms with Crippen LogP contribution in [0.15, 0.2) is 61.1 Å². The Morgan fingerprint density at radius 3 is 2.68 bits per heavy atom. The van der Waals surface area contributed by atoms with Gasteiger partial charge < -0.3 is 5.32 Å². The van der Waals surface area contributed by atoms with E-state index in [1.165, 1.54) is 0 Å². The largest absolute Gasteiger partial charge is 0.310 e. The van der Waals surface area contributed by atoms with Crippen LogP contribution >= 0.6 is 0 Å². The zero-order chi connectivity index (χ0) is 15.4. The van der Waals surface area contributed by atoms with Crippen LogP contribution in [0.2, 0.25) is 0 Å². The number of hydrogen-bond acceptors (Lipinski definition) is 3. The molecule has 0 aliphatic rings. The summed E-state index contributed by atoms with van der Waals surface area (Å²) in [5.74, 6) is 0.454. The average molecular weight is 292 g/mol. The molecule has 22 heavy (non-hydrogen) atoms. The van der Waals surface area contributed by atoms with E-state index in [0.29, 0.717) is 5.82 Å². The number of carbonyl (C=O) groups excluding carboxylic acids is 1. The van der Waals surface area contributed by atoms with Crippen LogP contribution in [0.5, 0.6) is 0 Å². The summed E-state index contributed by atoms with van der Waals surface area (Å²) in [4.78, 5) is 16.2. The Balaban J connectivity index is 1.65. The van der Waals surface area contributed by atoms with Crippen LogP contribution < -0.4 is 5.32 Å². The van der Waals surface area contributed by atoms with Crippen LogP contribution in [0.4, 0.5) is 5.82 Å². The van der Waals surface area contributed by atoms with Crippen molar-refractivity contribution in [3.05, 3.63) is 72.2 Å². The third-order valence-corrected chi connectivity index (χ3v) is 3.20. The molecule has 0 bridgehead atoms. The molecule has 5 heteroatoms. The normalized spacial score (nSPS) is 10.4. The molecular weight excluding hydrogens is 276 g/mol. The predicted octanol–water partition coefficient (Wildman–Crippen LogP) is 2.76. The van der Waals surface area contributed by atoms with Crippen molar-refractivity contribution in [1.29, 1.82) is 0 Å². The second kappa shape index (κ2) is 6.22. The van der Waals surface area contributed by atoms with Crippen LogP contribution in [0.1, 0.15) is 11.1 Å². The van der Waals surface area contributed by atoms with Gasteiger partial charge in [0, 0.05) is 12.4 Å². The lowest BCUT2D eigenvalue weighted by molar-refractivity contribution is -0.115. The summed E-state index contributed by atoms with van der Waals surface area (Å²) in [6.07, 6.45) is 5.55. The molecule has 1 aromatic carbocycles. The lowest BCUT2D eigenvalue weighted by Gasteiger charge is -2.03. The fraction of sp³-hybridized carbons (Fsp3) is 0.118. The summed E-state index contributed by atoms with van der Waals surface area (Å²) in [6.45, 7) is 1.95. The van der Waals surface area contributed by atoms with Gasteiger partial charge in [-0.25, -0.2) is 9.67 Å². The van der Waals surface area contributed by atoms with E-state index in [4.69, 9.17) is 0 Å². The summed E-state index contributed by atoms with van der Waals surface area (Å²) in [5.41, 5.74) is 2.88. The Morgan fingerprint density at radius 1 is 1.14 bits per heavy atom. The number of rotatable bonds is 4. The molecule has 1 N–H and O–H groups in total. The molecule has 110 valence electrons. The van der Waals surface area contributed by atoms with Crippen molar-refractivity contribution in [3.63, 3.8) is 0 Å². The van der Waals surface area contributed by atoms with Crippen LogP contribution in [-0.2, 0) is 11.2 Å². The van der Waals surface area contributed by atoms with E-state index in [-0.39, 0.29) is 12.3 Å². The van der Waals surface area contributed by atoms with Crippen molar-refractivity contribution in [3.8, 4) is 5.69 Å². The number of hydrogen-bond donors (Lipinski definition) is 1. The Hall–Kier alpha value is -2.95. The third kappa shape index (κ3) is 3.38. The highest BCUT2D eigenvalue weighted by atomic mass is 16.1. The molecule has 1 amide bonds. The maximum Gasteiger partial charge on any atom is 0.230 e. The Bertz CT molecular complexity index is 763. The maximum absolute atomic E-state index is 12.0. The van der Waals surface area contributed by atoms with Gasteiger partial charge in [0.1, 0.15) is 5.82 Å². The molecule has 0 saturated carbocycles. The number of pyridine rings is 1. The zero-order valence-electron chi connectivity index (χ0n) is 12.2. The molecule has 0 radical (unpaired) electrons. The SMILES string of the molecule is Cc1ccc(NC(=O)Cc2cnn(-c3ccccc3)c2)nc1. The second-order valence-corrected chi connectivity index (χ2v) is 5.07. The smallest absolute Gasteiger partial charge is 0.230 e. The van der Waals surface area contributed by atoms with E-state index < -0.39 is 0 Å².